The maximum absolute atomic E-state index is 14.7. The van der Waals surface area contributed by atoms with E-state index in [0.29, 0.717) is 6.42 Å². The zero-order valence-corrected chi connectivity index (χ0v) is 28.6. The fourth-order valence-electron chi connectivity index (χ4n) is 6.07. The molecule has 2 saturated heterocycles. The molecule has 44 heavy (non-hydrogen) atoms. The van der Waals surface area contributed by atoms with Crippen molar-refractivity contribution in [3.8, 4) is 0 Å². The number of benzene rings is 1. The van der Waals surface area contributed by atoms with Gasteiger partial charge in [-0.05, 0) is 101 Å². The largest absolute Gasteiger partial charge is 0.458 e. The van der Waals surface area contributed by atoms with Crippen LogP contribution in [0, 0.1) is 5.92 Å². The van der Waals surface area contributed by atoms with Gasteiger partial charge in [-0.25, -0.2) is 19.2 Å². The molecule has 0 unspecified atom stereocenters. The average molecular weight is 617 g/mol. The summed E-state index contributed by atoms with van der Waals surface area (Å²) in [7, 11) is 0. The van der Waals surface area contributed by atoms with Gasteiger partial charge in [0.2, 0.25) is 0 Å². The first kappa shape index (κ1) is 35.2. The van der Waals surface area contributed by atoms with Crippen LogP contribution in [0.5, 0.6) is 0 Å². The molecule has 0 saturated carbocycles. The molecule has 2 aliphatic rings. The van der Waals surface area contributed by atoms with E-state index in [-0.39, 0.29) is 19.5 Å². The molecule has 246 valence electrons. The van der Waals surface area contributed by atoms with Gasteiger partial charge in [0.05, 0.1) is 0 Å². The molecule has 1 aromatic carbocycles. The summed E-state index contributed by atoms with van der Waals surface area (Å²) in [6, 6.07) is 8.46. The van der Waals surface area contributed by atoms with Crippen LogP contribution in [0.15, 0.2) is 30.3 Å². The Balaban J connectivity index is 2.26. The smallest absolute Gasteiger partial charge is 0.411 e. The Bertz CT molecular complexity index is 1180. The van der Waals surface area contributed by atoms with Crippen LogP contribution in [0.3, 0.4) is 0 Å². The molecule has 10 heteroatoms. The van der Waals surface area contributed by atoms with Gasteiger partial charge in [-0.15, -0.1) is 0 Å². The summed E-state index contributed by atoms with van der Waals surface area (Å²) in [5.41, 5.74) is -4.14. The summed E-state index contributed by atoms with van der Waals surface area (Å²) in [6.07, 6.45) is -0.863. The number of carbonyl (C=O) groups is 4. The third-order valence-electron chi connectivity index (χ3n) is 7.39. The summed E-state index contributed by atoms with van der Waals surface area (Å²) < 4.78 is 23.5. The number of hydrogen-bond donors (Lipinski definition) is 0. The first-order valence-corrected chi connectivity index (χ1v) is 15.5. The molecule has 2 aliphatic heterocycles. The molecule has 0 aromatic heterocycles. The molecule has 4 atom stereocenters. The van der Waals surface area contributed by atoms with Gasteiger partial charge >= 0.3 is 24.1 Å². The van der Waals surface area contributed by atoms with Crippen molar-refractivity contribution in [3.05, 3.63) is 35.9 Å². The van der Waals surface area contributed by atoms with E-state index >= 15 is 0 Å². The lowest BCUT2D eigenvalue weighted by atomic mass is 9.70. The predicted octanol–water partition coefficient (Wildman–Crippen LogP) is 6.46. The lowest BCUT2D eigenvalue weighted by molar-refractivity contribution is -0.173. The van der Waals surface area contributed by atoms with E-state index in [1.54, 1.807) is 83.1 Å². The highest BCUT2D eigenvalue weighted by atomic mass is 16.6. The van der Waals surface area contributed by atoms with Gasteiger partial charge < -0.3 is 18.9 Å². The Kier molecular flexibility index (Phi) is 9.79. The number of carbonyl (C=O) groups excluding carboxylic acids is 4. The van der Waals surface area contributed by atoms with Crippen molar-refractivity contribution in [2.24, 2.45) is 5.92 Å². The second-order valence-electron chi connectivity index (χ2n) is 15.8. The standard InChI is InChI=1S/C34H52N2O8/c1-30(2,3)41-26(37)25-20-23(21-35(25)28(39)43-32(7,8)9)34(27(38)42-31(4,5)6)24(22-16-14-13-15-17-22)18-19-36(34)29(40)44-33(10,11)12/h13-17,23-25H,18-21H2,1-12H3/t23-,24-,25+,34+/m0/s1. The molecule has 0 radical (unpaired) electrons. The molecule has 0 N–H and O–H groups in total. The molecule has 0 bridgehead atoms. The highest BCUT2D eigenvalue weighted by Gasteiger charge is 2.66. The van der Waals surface area contributed by atoms with Crippen LogP contribution in [0.4, 0.5) is 9.59 Å². The third-order valence-corrected chi connectivity index (χ3v) is 7.39. The van der Waals surface area contributed by atoms with Gasteiger partial charge in [0.25, 0.3) is 0 Å². The van der Waals surface area contributed by atoms with Crippen molar-refractivity contribution in [2.75, 3.05) is 13.1 Å². The maximum Gasteiger partial charge on any atom is 0.411 e. The van der Waals surface area contributed by atoms with E-state index in [4.69, 9.17) is 18.9 Å². The Morgan fingerprint density at radius 2 is 1.20 bits per heavy atom. The SMILES string of the molecule is CC(C)(C)OC(=O)[C@H]1C[C@H]([C@]2(C(=O)OC(C)(C)C)[C@H](c3ccccc3)CCN2C(=O)OC(C)(C)C)CN1C(=O)OC(C)(C)C. The molecular weight excluding hydrogens is 564 g/mol. The number of hydrogen-bond acceptors (Lipinski definition) is 8. The Morgan fingerprint density at radius 1 is 0.705 bits per heavy atom. The number of amides is 2. The van der Waals surface area contributed by atoms with Crippen LogP contribution < -0.4 is 0 Å². The van der Waals surface area contributed by atoms with Crippen LogP contribution in [-0.4, -0.2) is 81.0 Å². The summed E-state index contributed by atoms with van der Waals surface area (Å²) >= 11 is 0. The number of nitrogens with zero attached hydrogens (tertiary/aromatic N) is 2. The van der Waals surface area contributed by atoms with E-state index in [1.807, 2.05) is 30.3 Å². The fraction of sp³-hybridized carbons (Fsp3) is 0.706. The molecule has 10 nitrogen and oxygen atoms in total. The van der Waals surface area contributed by atoms with Gasteiger partial charge in [0, 0.05) is 24.9 Å². The van der Waals surface area contributed by atoms with Crippen LogP contribution >= 0.6 is 0 Å². The van der Waals surface area contributed by atoms with E-state index in [2.05, 4.69) is 0 Å². The molecule has 2 heterocycles. The van der Waals surface area contributed by atoms with Crippen LogP contribution in [-0.2, 0) is 28.5 Å². The highest BCUT2D eigenvalue weighted by Crippen LogP contribution is 2.52. The molecule has 1 aromatic rings. The third kappa shape index (κ3) is 8.24. The minimum absolute atomic E-state index is 0.0410. The number of esters is 2. The fourth-order valence-corrected chi connectivity index (χ4v) is 6.07. The van der Waals surface area contributed by atoms with Crippen molar-refractivity contribution in [3.63, 3.8) is 0 Å². The van der Waals surface area contributed by atoms with Gasteiger partial charge in [-0.3, -0.25) is 9.80 Å². The molecular formula is C34H52N2O8. The molecule has 0 aliphatic carbocycles. The first-order chi connectivity index (χ1) is 19.9. The van der Waals surface area contributed by atoms with E-state index in [0.717, 1.165) is 5.56 Å². The van der Waals surface area contributed by atoms with Crippen molar-refractivity contribution in [1.29, 1.82) is 0 Å². The Morgan fingerprint density at radius 3 is 1.70 bits per heavy atom. The predicted molar refractivity (Wildman–Crippen MR) is 166 cm³/mol. The van der Waals surface area contributed by atoms with Crippen LogP contribution in [0.25, 0.3) is 0 Å². The zero-order chi connectivity index (χ0) is 33.5. The lowest BCUT2D eigenvalue weighted by Crippen LogP contribution is -2.63. The molecule has 2 fully saturated rings. The van der Waals surface area contributed by atoms with Gasteiger partial charge in [-0.1, -0.05) is 30.3 Å². The lowest BCUT2D eigenvalue weighted by Gasteiger charge is -2.45. The minimum Gasteiger partial charge on any atom is -0.458 e. The molecule has 3 rings (SSSR count). The monoisotopic (exact) mass is 616 g/mol. The van der Waals surface area contributed by atoms with Crippen molar-refractivity contribution >= 4 is 24.1 Å². The van der Waals surface area contributed by atoms with Gasteiger partial charge in [0.15, 0.2) is 5.54 Å². The van der Waals surface area contributed by atoms with Crippen molar-refractivity contribution in [2.45, 2.75) is 136 Å². The topological polar surface area (TPSA) is 112 Å². The normalized spacial score (nSPS) is 24.6. The minimum atomic E-state index is -1.60. The molecule has 0 spiro atoms. The summed E-state index contributed by atoms with van der Waals surface area (Å²) in [6.45, 7) is 21.3. The quantitative estimate of drug-likeness (QED) is 0.280. The second-order valence-corrected chi connectivity index (χ2v) is 15.8. The first-order valence-electron chi connectivity index (χ1n) is 15.5. The Hall–Kier alpha value is -3.30. The van der Waals surface area contributed by atoms with E-state index in [9.17, 15) is 19.2 Å². The zero-order valence-electron chi connectivity index (χ0n) is 28.6. The van der Waals surface area contributed by atoms with E-state index in [1.165, 1.54) is 9.80 Å². The van der Waals surface area contributed by atoms with Gasteiger partial charge in [-0.2, -0.15) is 0 Å². The summed E-state index contributed by atoms with van der Waals surface area (Å²) in [5, 5.41) is 0. The number of likely N-dealkylation sites (tertiary alicyclic amines) is 2. The Labute approximate surface area is 262 Å². The van der Waals surface area contributed by atoms with Gasteiger partial charge in [0.1, 0.15) is 28.4 Å². The highest BCUT2D eigenvalue weighted by molar-refractivity contribution is 5.90. The maximum atomic E-state index is 14.7. The summed E-state index contributed by atoms with van der Waals surface area (Å²) in [5.74, 6) is -2.44. The van der Waals surface area contributed by atoms with E-state index < -0.39 is 69.9 Å². The van der Waals surface area contributed by atoms with Crippen molar-refractivity contribution in [1.82, 2.24) is 9.80 Å². The average Bonchev–Trinajstić information content (AvgIpc) is 3.44. The summed E-state index contributed by atoms with van der Waals surface area (Å²) in [4.78, 5) is 58.8. The molecule has 2 amide bonds. The number of rotatable bonds is 4. The second kappa shape index (κ2) is 12.2. The van der Waals surface area contributed by atoms with Crippen LogP contribution in [0.1, 0.15) is 107 Å². The van der Waals surface area contributed by atoms with Crippen molar-refractivity contribution < 1.29 is 38.1 Å². The number of ether oxygens (including phenoxy) is 4. The van der Waals surface area contributed by atoms with Crippen LogP contribution in [0.2, 0.25) is 0 Å².